The van der Waals surface area contributed by atoms with Crippen molar-refractivity contribution >= 4 is 52.4 Å². The van der Waals surface area contributed by atoms with Gasteiger partial charge in [-0.05, 0) is 75.7 Å². The predicted molar refractivity (Wildman–Crippen MR) is 215 cm³/mol. The van der Waals surface area contributed by atoms with Crippen LogP contribution in [0.5, 0.6) is 0 Å². The average molecular weight is 779 g/mol. The summed E-state index contributed by atoms with van der Waals surface area (Å²) in [5.74, 6) is 1.12. The predicted octanol–water partition coefficient (Wildman–Crippen LogP) is 4.62. The Morgan fingerprint density at radius 1 is 1.11 bits per heavy atom. The number of nitrogens with two attached hydrogens (primary N) is 1. The number of hydrogen-bond donors (Lipinski definition) is 3. The third-order valence-corrected chi connectivity index (χ3v) is 16.4. The van der Waals surface area contributed by atoms with Gasteiger partial charge in [0.05, 0.1) is 18.2 Å². The summed E-state index contributed by atoms with van der Waals surface area (Å²) in [6, 6.07) is 0.492. The van der Waals surface area contributed by atoms with E-state index in [1.807, 2.05) is 29.5 Å². The second-order valence-electron chi connectivity index (χ2n) is 17.8. The van der Waals surface area contributed by atoms with Crippen molar-refractivity contribution in [2.24, 2.45) is 34.0 Å². The molecule has 4 N–H and O–H groups in total. The van der Waals surface area contributed by atoms with E-state index < -0.39 is 23.0 Å². The van der Waals surface area contributed by atoms with Crippen LogP contribution in [0, 0.1) is 34.0 Å². The molecular formula is C41H62N8O5S. The van der Waals surface area contributed by atoms with E-state index in [1.165, 1.54) is 0 Å². The molecule has 8 atom stereocenters. The van der Waals surface area contributed by atoms with Crippen molar-refractivity contribution < 1.29 is 24.2 Å². The van der Waals surface area contributed by atoms with Crippen molar-refractivity contribution in [3.63, 3.8) is 0 Å². The summed E-state index contributed by atoms with van der Waals surface area (Å²) in [5.41, 5.74) is 6.03. The monoisotopic (exact) mass is 778 g/mol. The number of piperidine rings is 2. The summed E-state index contributed by atoms with van der Waals surface area (Å²) in [5, 5.41) is 15.4. The molecule has 2 aromatic heterocycles. The van der Waals surface area contributed by atoms with Gasteiger partial charge in [0.1, 0.15) is 11.9 Å². The molecule has 0 aromatic carbocycles. The lowest BCUT2D eigenvalue weighted by Gasteiger charge is -2.61. The zero-order valence-corrected chi connectivity index (χ0v) is 34.3. The van der Waals surface area contributed by atoms with Crippen LogP contribution in [-0.4, -0.2) is 110 Å². The highest BCUT2D eigenvalue weighted by molar-refractivity contribution is 8.00. The smallest absolute Gasteiger partial charge is 0.316 e. The molecule has 0 unspecified atom stereocenters. The number of aliphatic hydroxyl groups is 1. The Hall–Kier alpha value is -3.23. The number of nitrogens with one attached hydrogen (secondary N) is 1. The fourth-order valence-electron chi connectivity index (χ4n) is 11.2. The van der Waals surface area contributed by atoms with Crippen LogP contribution in [0.2, 0.25) is 0 Å². The third kappa shape index (κ3) is 7.17. The molecule has 3 saturated carbocycles. The second-order valence-corrected chi connectivity index (χ2v) is 19.1. The zero-order valence-electron chi connectivity index (χ0n) is 33.5. The van der Waals surface area contributed by atoms with Gasteiger partial charge >= 0.3 is 5.97 Å². The molecule has 5 fully saturated rings. The van der Waals surface area contributed by atoms with E-state index in [0.29, 0.717) is 56.1 Å². The third-order valence-electron chi connectivity index (χ3n) is 15.0. The largest absolute Gasteiger partial charge is 0.461 e. The molecule has 1 amide bonds. The first-order chi connectivity index (χ1) is 26.2. The second kappa shape index (κ2) is 15.6. The van der Waals surface area contributed by atoms with E-state index in [9.17, 15) is 19.5 Å². The molecule has 0 radical (unpaired) electrons. The molecule has 7 rings (SSSR count). The Morgan fingerprint density at radius 2 is 1.84 bits per heavy atom. The number of nitrogen functional groups attached to an aromatic ring is 1. The van der Waals surface area contributed by atoms with E-state index in [2.05, 4.69) is 52.5 Å². The van der Waals surface area contributed by atoms with Gasteiger partial charge in [0.25, 0.3) is 0 Å². The Morgan fingerprint density at radius 3 is 2.53 bits per heavy atom. The molecular weight excluding hydrogens is 717 g/mol. The van der Waals surface area contributed by atoms with Gasteiger partial charge in [-0.2, -0.15) is 9.97 Å². The number of Topliss-reactive ketones (excluding diaryl/α,β-unsaturated/α-hetero) is 1. The van der Waals surface area contributed by atoms with Crippen molar-refractivity contribution in [3.8, 4) is 0 Å². The lowest BCUT2D eigenvalue weighted by atomic mass is 9.44. The molecule has 302 valence electrons. The van der Waals surface area contributed by atoms with Crippen LogP contribution >= 0.6 is 11.8 Å². The number of nitrogens with zero attached hydrogens (tertiary/aromatic N) is 6. The summed E-state index contributed by atoms with van der Waals surface area (Å²) < 4.78 is 8.36. The van der Waals surface area contributed by atoms with Crippen LogP contribution < -0.4 is 16.0 Å². The molecule has 2 saturated heterocycles. The van der Waals surface area contributed by atoms with Crippen LogP contribution in [0.1, 0.15) is 91.9 Å². The Balaban J connectivity index is 0.933. The van der Waals surface area contributed by atoms with Gasteiger partial charge in [0.2, 0.25) is 11.9 Å². The lowest BCUT2D eigenvalue weighted by molar-refractivity contribution is -0.205. The lowest BCUT2D eigenvalue weighted by Crippen LogP contribution is -2.63. The highest BCUT2D eigenvalue weighted by Crippen LogP contribution is 2.68. The summed E-state index contributed by atoms with van der Waals surface area (Å²) in [6.45, 7) is 16.1. The first-order valence-corrected chi connectivity index (χ1v) is 21.6. The highest BCUT2D eigenvalue weighted by Gasteiger charge is 2.68. The van der Waals surface area contributed by atoms with Crippen LogP contribution in [-0.2, 0) is 25.7 Å². The number of likely N-dealkylation sites (tertiary alicyclic amines) is 1. The minimum Gasteiger partial charge on any atom is -0.461 e. The van der Waals surface area contributed by atoms with Crippen LogP contribution in [0.3, 0.4) is 0 Å². The quantitative estimate of drug-likeness (QED) is 0.227. The minimum absolute atomic E-state index is 0.0618. The van der Waals surface area contributed by atoms with Gasteiger partial charge in [-0.3, -0.25) is 14.4 Å². The maximum atomic E-state index is 13.7. The van der Waals surface area contributed by atoms with Gasteiger partial charge in [-0.15, -0.1) is 18.3 Å². The van der Waals surface area contributed by atoms with Crippen molar-refractivity contribution in [3.05, 3.63) is 19.0 Å². The Labute approximate surface area is 330 Å². The Kier molecular flexibility index (Phi) is 11.3. The number of amides is 1. The van der Waals surface area contributed by atoms with Gasteiger partial charge in [0, 0.05) is 73.6 Å². The SMILES string of the molecule is C=C[C@]1(C)C[C@@H](OC(=O)CSC2CCN(C(=O)CCn3cnc4c(N5CCC(NC)CC5)nc(N)nc43)CC2)[C@]2(C)[C@H](C)CC[C@]3(CCC(=O)[C@@H]32)[C@@H](C)[C@@H]1O. The molecule has 2 aromatic rings. The Bertz CT molecular complexity index is 1770. The summed E-state index contributed by atoms with van der Waals surface area (Å²) in [4.78, 5) is 58.6. The number of ketones is 1. The van der Waals surface area contributed by atoms with Gasteiger partial charge in [0.15, 0.2) is 17.0 Å². The fourth-order valence-corrected chi connectivity index (χ4v) is 12.2. The number of hydrogen-bond acceptors (Lipinski definition) is 12. The van der Waals surface area contributed by atoms with Crippen molar-refractivity contribution in [1.29, 1.82) is 0 Å². The number of aliphatic hydroxyl groups excluding tert-OH is 1. The van der Waals surface area contributed by atoms with Crippen molar-refractivity contribution in [2.45, 2.75) is 122 Å². The van der Waals surface area contributed by atoms with Crippen molar-refractivity contribution in [2.75, 3.05) is 49.6 Å². The number of fused-ring (bicyclic) bond motifs is 1. The van der Waals surface area contributed by atoms with Crippen LogP contribution in [0.25, 0.3) is 11.2 Å². The van der Waals surface area contributed by atoms with Crippen molar-refractivity contribution in [1.82, 2.24) is 29.7 Å². The molecule has 14 heteroatoms. The van der Waals surface area contributed by atoms with E-state index in [-0.39, 0.29) is 57.8 Å². The standard InChI is InChI=1S/C41H62N8O5S/c1-7-39(4)22-30(40(5)25(2)8-15-41(26(3)35(39)53)16-9-29(50)34(40)41)54-32(52)23-55-28-12-19-47(20-13-28)31(51)14-21-49-24-44-33-36(45-38(42)46-37(33)49)48-17-10-27(43-6)11-18-48/h7,24-28,30,34-35,43,53H,1,8-23H2,2-6H3,(H2,42,45,46)/t25-,26+,30-,34-,35+,39-,40+,41+/m1/s1. The minimum atomic E-state index is -0.684. The van der Waals surface area contributed by atoms with Crippen LogP contribution in [0.15, 0.2) is 19.0 Å². The number of ether oxygens (including phenoxy) is 1. The van der Waals surface area contributed by atoms with Gasteiger partial charge in [-0.1, -0.05) is 33.8 Å². The van der Waals surface area contributed by atoms with Gasteiger partial charge in [-0.25, -0.2) is 4.98 Å². The molecule has 4 heterocycles. The topological polar surface area (TPSA) is 169 Å². The first-order valence-electron chi connectivity index (χ1n) is 20.6. The number of anilines is 2. The van der Waals surface area contributed by atoms with Gasteiger partial charge < -0.3 is 35.3 Å². The maximum absolute atomic E-state index is 13.7. The number of carbonyl (C=O) groups excluding carboxylic acids is 3. The average Bonchev–Trinajstić information content (AvgIpc) is 3.77. The number of aromatic nitrogens is 4. The molecule has 55 heavy (non-hydrogen) atoms. The van der Waals surface area contributed by atoms with E-state index in [0.717, 1.165) is 63.9 Å². The number of rotatable bonds is 10. The van der Waals surface area contributed by atoms with E-state index >= 15 is 0 Å². The molecule has 0 spiro atoms. The zero-order chi connectivity index (χ0) is 39.3. The fraction of sp³-hybridized carbons (Fsp3) is 0.756. The van der Waals surface area contributed by atoms with E-state index in [1.54, 1.807) is 18.1 Å². The molecule has 13 nitrogen and oxygen atoms in total. The van der Waals surface area contributed by atoms with E-state index in [4.69, 9.17) is 10.5 Å². The number of esters is 1. The van der Waals surface area contributed by atoms with Crippen LogP contribution in [0.4, 0.5) is 11.8 Å². The normalized spacial score (nSPS) is 34.7. The molecule has 2 aliphatic heterocycles. The number of thioether (sulfide) groups is 1. The molecule has 5 aliphatic rings. The highest BCUT2D eigenvalue weighted by atomic mass is 32.2. The first kappa shape index (κ1) is 40.0. The summed E-state index contributed by atoms with van der Waals surface area (Å²) in [6.07, 6.45) is 9.91. The number of imidazole rings is 1. The molecule has 2 bridgehead atoms. The maximum Gasteiger partial charge on any atom is 0.316 e. The molecule has 3 aliphatic carbocycles. The summed E-state index contributed by atoms with van der Waals surface area (Å²) >= 11 is 1.60. The summed E-state index contributed by atoms with van der Waals surface area (Å²) in [7, 11) is 2.00. The number of aryl methyl sites for hydroxylation is 1. The number of carbonyl (C=O) groups is 3.